The Bertz CT molecular complexity index is 6.00. The van der Waals surface area contributed by atoms with E-state index in [9.17, 15) is 0 Å². The summed E-state index contributed by atoms with van der Waals surface area (Å²) < 4.78 is 0. The van der Waals surface area contributed by atoms with Gasteiger partial charge in [0.15, 0.2) is 9.76 Å². The van der Waals surface area contributed by atoms with Gasteiger partial charge in [-0.1, -0.05) is 14.0 Å². The first kappa shape index (κ1) is 8.90. The Kier molecular flexibility index (Phi) is 24.2. The van der Waals surface area contributed by atoms with Crippen LogP contribution in [0.5, 0.6) is 0 Å². The largest absolute Gasteiger partial charge is 0.438 e. The summed E-state index contributed by atoms with van der Waals surface area (Å²) in [6.45, 7) is 1.82. The zero-order chi connectivity index (χ0) is 2.71. The van der Waals surface area contributed by atoms with Crippen molar-refractivity contribution in [1.29, 1.82) is 0 Å². The van der Waals surface area contributed by atoms with Gasteiger partial charge in [0.2, 0.25) is 0 Å². The van der Waals surface area contributed by atoms with Gasteiger partial charge in [-0.05, 0) is 0 Å². The van der Waals surface area contributed by atoms with Crippen molar-refractivity contribution in [1.82, 2.24) is 0 Å². The minimum Gasteiger partial charge on any atom is -0.438 e. The minimum atomic E-state index is -0.583. The lowest BCUT2D eigenvalue weighted by atomic mass is 11.9. The SMILES string of the molecule is C.C[SiH2]O. The van der Waals surface area contributed by atoms with Gasteiger partial charge in [-0.25, -0.2) is 0 Å². The van der Waals surface area contributed by atoms with Gasteiger partial charge in [-0.3, -0.25) is 0 Å². The fourth-order valence-corrected chi connectivity index (χ4v) is 0. The lowest BCUT2D eigenvalue weighted by Gasteiger charge is -1.49. The average Bonchev–Trinajstić information content (AvgIpc) is 0.918. The zero-order valence-corrected chi connectivity index (χ0v) is 3.57. The van der Waals surface area contributed by atoms with Crippen LogP contribution in [0.4, 0.5) is 0 Å². The predicted octanol–water partition coefficient (Wildman–Crippen LogP) is -0.253. The van der Waals surface area contributed by atoms with Crippen molar-refractivity contribution in [2.45, 2.75) is 14.0 Å². The third kappa shape index (κ3) is 96.4. The fraction of sp³-hybridized carbons (Fsp3) is 1.00. The van der Waals surface area contributed by atoms with Crippen molar-refractivity contribution in [3.05, 3.63) is 0 Å². The maximum atomic E-state index is 7.71. The molecular weight excluding hydrogens is 68.1 g/mol. The third-order valence-corrected chi connectivity index (χ3v) is 0. The molecule has 0 rings (SSSR count). The molecular formula is C2H10OSi. The third-order valence-electron chi connectivity index (χ3n) is 0. The first-order valence-corrected chi connectivity index (χ1v) is 3.07. The van der Waals surface area contributed by atoms with Crippen molar-refractivity contribution in [3.8, 4) is 0 Å². The number of hydrogen-bond acceptors (Lipinski definition) is 1. The van der Waals surface area contributed by atoms with Crippen LogP contribution in [0, 0.1) is 0 Å². The van der Waals surface area contributed by atoms with E-state index >= 15 is 0 Å². The molecule has 2 heteroatoms. The summed E-state index contributed by atoms with van der Waals surface area (Å²) in [6, 6.07) is 0. The molecule has 0 atom stereocenters. The van der Waals surface area contributed by atoms with Gasteiger partial charge in [0, 0.05) is 0 Å². The molecule has 0 amide bonds. The van der Waals surface area contributed by atoms with Gasteiger partial charge in [-0.2, -0.15) is 0 Å². The maximum Gasteiger partial charge on any atom is 0.153 e. The highest BCUT2D eigenvalue weighted by Crippen LogP contribution is 1.24. The molecule has 0 aromatic heterocycles. The van der Waals surface area contributed by atoms with Crippen LogP contribution in [0.1, 0.15) is 7.43 Å². The summed E-state index contributed by atoms with van der Waals surface area (Å²) in [5.74, 6) is 0. The Hall–Kier alpha value is 0.177. The van der Waals surface area contributed by atoms with Crippen LogP contribution < -0.4 is 0 Å². The molecule has 0 saturated heterocycles. The molecule has 0 fully saturated rings. The summed E-state index contributed by atoms with van der Waals surface area (Å²) in [5.41, 5.74) is 0. The van der Waals surface area contributed by atoms with Gasteiger partial charge in [0.1, 0.15) is 0 Å². The van der Waals surface area contributed by atoms with Gasteiger partial charge in [-0.15, -0.1) is 0 Å². The smallest absolute Gasteiger partial charge is 0.153 e. The Labute approximate surface area is 29.6 Å². The van der Waals surface area contributed by atoms with Crippen molar-refractivity contribution < 1.29 is 4.80 Å². The monoisotopic (exact) mass is 78.1 g/mol. The highest BCUT2D eigenvalue weighted by Gasteiger charge is 1.39. The quantitative estimate of drug-likeness (QED) is 0.396. The van der Waals surface area contributed by atoms with E-state index in [0.717, 1.165) is 0 Å². The van der Waals surface area contributed by atoms with Crippen molar-refractivity contribution >= 4 is 9.76 Å². The molecule has 28 valence electrons. The van der Waals surface area contributed by atoms with Crippen LogP contribution in [0.15, 0.2) is 0 Å². The van der Waals surface area contributed by atoms with Crippen LogP contribution >= 0.6 is 0 Å². The highest BCUT2D eigenvalue weighted by atomic mass is 28.2. The topological polar surface area (TPSA) is 20.2 Å². The minimum absolute atomic E-state index is 0. The van der Waals surface area contributed by atoms with Crippen LogP contribution in [0.25, 0.3) is 0 Å². The molecule has 0 aliphatic rings. The van der Waals surface area contributed by atoms with Gasteiger partial charge >= 0.3 is 0 Å². The predicted molar refractivity (Wildman–Crippen MR) is 23.4 cm³/mol. The molecule has 0 bridgehead atoms. The standard InChI is InChI=1S/CH6OSi.CH4/c1-3-2;/h2H,3H2,1H3;1H4. The van der Waals surface area contributed by atoms with Gasteiger partial charge in [0.05, 0.1) is 0 Å². The molecule has 0 aromatic carbocycles. The molecule has 0 aliphatic carbocycles. The van der Waals surface area contributed by atoms with Crippen molar-refractivity contribution in [3.63, 3.8) is 0 Å². The van der Waals surface area contributed by atoms with E-state index < -0.39 is 9.76 Å². The zero-order valence-electron chi connectivity index (χ0n) is 2.15. The van der Waals surface area contributed by atoms with E-state index in [1.54, 1.807) is 0 Å². The average molecular weight is 78.2 g/mol. The second kappa shape index (κ2) is 10.9. The molecule has 0 spiro atoms. The Balaban J connectivity index is 0. The fourth-order valence-electron chi connectivity index (χ4n) is 0. The normalized spacial score (nSPS) is 7.50. The number of hydrogen-bond donors (Lipinski definition) is 1. The molecule has 0 unspecified atom stereocenters. The molecule has 4 heavy (non-hydrogen) atoms. The summed E-state index contributed by atoms with van der Waals surface area (Å²) in [4.78, 5) is 7.71. The molecule has 0 radical (unpaired) electrons. The molecule has 0 saturated carbocycles. The molecule has 1 N–H and O–H groups in total. The first-order chi connectivity index (χ1) is 1.41. The van der Waals surface area contributed by atoms with Crippen LogP contribution in [-0.4, -0.2) is 14.6 Å². The summed E-state index contributed by atoms with van der Waals surface area (Å²) in [7, 11) is -0.583. The highest BCUT2D eigenvalue weighted by molar-refractivity contribution is 6.22. The Morgan fingerprint density at radius 3 is 1.75 bits per heavy atom. The Morgan fingerprint density at radius 2 is 1.75 bits per heavy atom. The van der Waals surface area contributed by atoms with Gasteiger partial charge in [0.25, 0.3) is 0 Å². The number of rotatable bonds is 0. The van der Waals surface area contributed by atoms with E-state index in [4.69, 9.17) is 4.80 Å². The van der Waals surface area contributed by atoms with E-state index in [1.165, 1.54) is 0 Å². The first-order valence-electron chi connectivity index (χ1n) is 1.02. The molecule has 0 aromatic rings. The Morgan fingerprint density at radius 1 is 1.75 bits per heavy atom. The second-order valence-electron chi connectivity index (χ2n) is 0.316. The van der Waals surface area contributed by atoms with E-state index in [2.05, 4.69) is 0 Å². The maximum absolute atomic E-state index is 7.71. The van der Waals surface area contributed by atoms with Crippen LogP contribution in [-0.2, 0) is 0 Å². The lowest BCUT2D eigenvalue weighted by molar-refractivity contribution is 0.610. The molecule has 0 heterocycles. The van der Waals surface area contributed by atoms with E-state index in [-0.39, 0.29) is 7.43 Å². The lowest BCUT2D eigenvalue weighted by Crippen LogP contribution is -1.65. The second-order valence-corrected chi connectivity index (χ2v) is 0.949. The van der Waals surface area contributed by atoms with Crippen LogP contribution in [0.2, 0.25) is 6.55 Å². The van der Waals surface area contributed by atoms with E-state index in [0.29, 0.717) is 0 Å². The molecule has 1 nitrogen and oxygen atoms in total. The summed E-state index contributed by atoms with van der Waals surface area (Å²) >= 11 is 0. The van der Waals surface area contributed by atoms with Crippen LogP contribution in [0.3, 0.4) is 0 Å². The van der Waals surface area contributed by atoms with Gasteiger partial charge < -0.3 is 4.80 Å². The summed E-state index contributed by atoms with van der Waals surface area (Å²) in [6.07, 6.45) is 0. The van der Waals surface area contributed by atoms with Crippen molar-refractivity contribution in [2.75, 3.05) is 0 Å². The van der Waals surface area contributed by atoms with E-state index in [1.807, 2.05) is 6.55 Å². The summed E-state index contributed by atoms with van der Waals surface area (Å²) in [5, 5.41) is 0. The van der Waals surface area contributed by atoms with Crippen molar-refractivity contribution in [2.24, 2.45) is 0 Å². The molecule has 0 aliphatic heterocycles.